The van der Waals surface area contributed by atoms with Crippen LogP contribution in [0.3, 0.4) is 0 Å². The average molecular weight is 240 g/mol. The van der Waals surface area contributed by atoms with Crippen molar-refractivity contribution in [1.29, 1.82) is 0 Å². The quantitative estimate of drug-likeness (QED) is 0.755. The van der Waals surface area contributed by atoms with Crippen LogP contribution in [0.25, 0.3) is 11.4 Å². The maximum atomic E-state index is 13.4. The van der Waals surface area contributed by atoms with Crippen molar-refractivity contribution in [2.45, 2.75) is 12.8 Å². The molecule has 0 saturated heterocycles. The fourth-order valence-electron chi connectivity index (χ4n) is 1.46. The summed E-state index contributed by atoms with van der Waals surface area (Å²) in [7, 11) is 1.81. The van der Waals surface area contributed by atoms with Crippen molar-refractivity contribution in [1.82, 2.24) is 14.8 Å². The molecule has 0 aliphatic rings. The van der Waals surface area contributed by atoms with Crippen molar-refractivity contribution in [3.05, 3.63) is 35.4 Å². The number of hydrogen-bond acceptors (Lipinski definition) is 2. The average Bonchev–Trinajstić information content (AvgIpc) is 2.64. The number of aromatic nitrogens is 3. The highest BCUT2D eigenvalue weighted by atomic mass is 35.5. The molecule has 0 aliphatic heterocycles. The van der Waals surface area contributed by atoms with Gasteiger partial charge >= 0.3 is 0 Å². The summed E-state index contributed by atoms with van der Waals surface area (Å²) < 4.78 is 15.2. The Hall–Kier alpha value is -1.42. The van der Waals surface area contributed by atoms with Crippen LogP contribution < -0.4 is 0 Å². The highest BCUT2D eigenvalue weighted by Gasteiger charge is 2.10. The molecule has 0 amide bonds. The summed E-state index contributed by atoms with van der Waals surface area (Å²) in [5, 5.41) is 7.91. The fraction of sp³-hybridized carbons (Fsp3) is 0.273. The zero-order chi connectivity index (χ0) is 11.7. The Bertz CT molecular complexity index is 522. The van der Waals surface area contributed by atoms with Gasteiger partial charge in [0.1, 0.15) is 11.6 Å². The van der Waals surface area contributed by atoms with E-state index < -0.39 is 0 Å². The van der Waals surface area contributed by atoms with E-state index in [-0.39, 0.29) is 11.7 Å². The van der Waals surface area contributed by atoms with Crippen LogP contribution >= 0.6 is 11.6 Å². The van der Waals surface area contributed by atoms with Crippen molar-refractivity contribution in [2.24, 2.45) is 7.05 Å². The van der Waals surface area contributed by atoms with Crippen molar-refractivity contribution >= 4 is 11.6 Å². The Morgan fingerprint density at radius 1 is 1.38 bits per heavy atom. The van der Waals surface area contributed by atoms with Gasteiger partial charge in [0.05, 0.1) is 5.88 Å². The summed E-state index contributed by atoms with van der Waals surface area (Å²) in [5.41, 5.74) is 1.32. The van der Waals surface area contributed by atoms with Crippen LogP contribution in [0.5, 0.6) is 0 Å². The normalized spacial score (nSPS) is 10.8. The Balaban J connectivity index is 2.50. The van der Waals surface area contributed by atoms with Crippen LogP contribution in [-0.4, -0.2) is 14.8 Å². The molecule has 0 fully saturated rings. The first kappa shape index (κ1) is 11.1. The molecule has 0 atom stereocenters. The Labute approximate surface area is 97.9 Å². The van der Waals surface area contributed by atoms with Gasteiger partial charge in [0.25, 0.3) is 0 Å². The second-order valence-electron chi connectivity index (χ2n) is 3.60. The molecule has 84 valence electrons. The number of rotatable bonds is 2. The topological polar surface area (TPSA) is 30.7 Å². The highest BCUT2D eigenvalue weighted by molar-refractivity contribution is 6.16. The third-order valence-electron chi connectivity index (χ3n) is 2.51. The zero-order valence-corrected chi connectivity index (χ0v) is 9.79. The summed E-state index contributed by atoms with van der Waals surface area (Å²) >= 11 is 5.69. The minimum atomic E-state index is -0.243. The smallest absolute Gasteiger partial charge is 0.163 e. The van der Waals surface area contributed by atoms with E-state index in [1.807, 2.05) is 13.1 Å². The van der Waals surface area contributed by atoms with Gasteiger partial charge in [-0.3, -0.25) is 0 Å². The molecule has 16 heavy (non-hydrogen) atoms. The van der Waals surface area contributed by atoms with Gasteiger partial charge in [-0.1, -0.05) is 12.1 Å². The van der Waals surface area contributed by atoms with Crippen molar-refractivity contribution < 1.29 is 4.39 Å². The van der Waals surface area contributed by atoms with E-state index in [0.29, 0.717) is 22.8 Å². The van der Waals surface area contributed by atoms with Crippen LogP contribution in [0, 0.1) is 12.7 Å². The Kier molecular flexibility index (Phi) is 2.92. The SMILES string of the molecule is Cc1ccc(-c2nnc(CCl)n2C)cc1F. The fourth-order valence-corrected chi connectivity index (χ4v) is 1.69. The molecule has 0 radical (unpaired) electrons. The number of benzene rings is 1. The molecule has 0 spiro atoms. The van der Waals surface area contributed by atoms with E-state index in [2.05, 4.69) is 10.2 Å². The molecule has 0 N–H and O–H groups in total. The Morgan fingerprint density at radius 2 is 2.12 bits per heavy atom. The zero-order valence-electron chi connectivity index (χ0n) is 9.04. The van der Waals surface area contributed by atoms with Gasteiger partial charge in [-0.05, 0) is 18.6 Å². The molecular formula is C11H11ClFN3. The molecule has 0 bridgehead atoms. The van der Waals surface area contributed by atoms with Crippen molar-refractivity contribution in [3.8, 4) is 11.4 Å². The molecule has 1 aromatic heterocycles. The lowest BCUT2D eigenvalue weighted by molar-refractivity contribution is 0.618. The third-order valence-corrected chi connectivity index (χ3v) is 2.75. The van der Waals surface area contributed by atoms with E-state index in [9.17, 15) is 4.39 Å². The summed E-state index contributed by atoms with van der Waals surface area (Å²) in [6, 6.07) is 5.00. The minimum Gasteiger partial charge on any atom is -0.313 e. The van der Waals surface area contributed by atoms with E-state index in [1.165, 1.54) is 6.07 Å². The minimum absolute atomic E-state index is 0.243. The first-order valence-electron chi connectivity index (χ1n) is 4.84. The monoisotopic (exact) mass is 239 g/mol. The molecule has 0 aliphatic carbocycles. The van der Waals surface area contributed by atoms with Crippen LogP contribution in [0.4, 0.5) is 4.39 Å². The Morgan fingerprint density at radius 3 is 2.69 bits per heavy atom. The predicted octanol–water partition coefficient (Wildman–Crippen LogP) is 2.67. The number of alkyl halides is 1. The van der Waals surface area contributed by atoms with Gasteiger partial charge in [0.2, 0.25) is 0 Å². The number of halogens is 2. The lowest BCUT2D eigenvalue weighted by Crippen LogP contribution is -1.97. The van der Waals surface area contributed by atoms with Crippen molar-refractivity contribution in [2.75, 3.05) is 0 Å². The first-order chi connectivity index (χ1) is 7.63. The van der Waals surface area contributed by atoms with Crippen LogP contribution in [0.15, 0.2) is 18.2 Å². The summed E-state index contributed by atoms with van der Waals surface area (Å²) in [4.78, 5) is 0. The second kappa shape index (κ2) is 4.22. The third kappa shape index (κ3) is 1.80. The van der Waals surface area contributed by atoms with Gasteiger partial charge in [-0.15, -0.1) is 21.8 Å². The molecule has 1 aromatic carbocycles. The molecule has 5 heteroatoms. The number of hydrogen-bond donors (Lipinski definition) is 0. The van der Waals surface area contributed by atoms with E-state index in [4.69, 9.17) is 11.6 Å². The van der Waals surface area contributed by atoms with Crippen LogP contribution in [-0.2, 0) is 12.9 Å². The largest absolute Gasteiger partial charge is 0.313 e. The second-order valence-corrected chi connectivity index (χ2v) is 3.86. The van der Waals surface area contributed by atoms with Gasteiger partial charge in [0, 0.05) is 12.6 Å². The first-order valence-corrected chi connectivity index (χ1v) is 5.37. The number of nitrogens with zero attached hydrogens (tertiary/aromatic N) is 3. The lowest BCUT2D eigenvalue weighted by atomic mass is 10.1. The van der Waals surface area contributed by atoms with E-state index in [0.717, 1.165) is 0 Å². The van der Waals surface area contributed by atoms with Crippen molar-refractivity contribution in [3.63, 3.8) is 0 Å². The van der Waals surface area contributed by atoms with Gasteiger partial charge in [-0.25, -0.2) is 4.39 Å². The molecule has 2 rings (SSSR count). The van der Waals surface area contributed by atoms with E-state index in [1.54, 1.807) is 17.6 Å². The lowest BCUT2D eigenvalue weighted by Gasteiger charge is -2.03. The predicted molar refractivity (Wildman–Crippen MR) is 60.7 cm³/mol. The summed E-state index contributed by atoms with van der Waals surface area (Å²) in [6.07, 6.45) is 0. The maximum absolute atomic E-state index is 13.4. The van der Waals surface area contributed by atoms with Gasteiger partial charge < -0.3 is 4.57 Å². The van der Waals surface area contributed by atoms with Gasteiger partial charge in [0.15, 0.2) is 5.82 Å². The molecular weight excluding hydrogens is 229 g/mol. The summed E-state index contributed by atoms with van der Waals surface area (Å²) in [6.45, 7) is 1.72. The van der Waals surface area contributed by atoms with Crippen LogP contribution in [0.1, 0.15) is 11.4 Å². The van der Waals surface area contributed by atoms with E-state index >= 15 is 0 Å². The van der Waals surface area contributed by atoms with Crippen LogP contribution in [0.2, 0.25) is 0 Å². The molecule has 2 aromatic rings. The molecule has 0 unspecified atom stereocenters. The molecule has 0 saturated carbocycles. The number of aryl methyl sites for hydroxylation is 1. The standard InChI is InChI=1S/C11H11ClFN3/c1-7-3-4-8(5-9(7)13)11-15-14-10(6-12)16(11)2/h3-5H,6H2,1-2H3. The molecule has 1 heterocycles. The molecule has 3 nitrogen and oxygen atoms in total. The highest BCUT2D eigenvalue weighted by Crippen LogP contribution is 2.20. The summed E-state index contributed by atoms with van der Waals surface area (Å²) in [5.74, 6) is 1.33. The maximum Gasteiger partial charge on any atom is 0.163 e. The van der Waals surface area contributed by atoms with Gasteiger partial charge in [-0.2, -0.15) is 0 Å².